The minimum atomic E-state index is 0.169. The number of hydrogen-bond donors (Lipinski definition) is 1. The number of nitrogens with one attached hydrogen (secondary N) is 1. The van der Waals surface area contributed by atoms with Crippen molar-refractivity contribution in [1.82, 2.24) is 4.98 Å². The maximum Gasteiger partial charge on any atom is 0.142 e. The zero-order valence-corrected chi connectivity index (χ0v) is 12.6. The highest BCUT2D eigenvalue weighted by Gasteiger charge is 2.34. The summed E-state index contributed by atoms with van der Waals surface area (Å²) in [5.74, 6) is 2.75. The van der Waals surface area contributed by atoms with Gasteiger partial charge in [-0.2, -0.15) is 5.26 Å². The van der Waals surface area contributed by atoms with E-state index in [-0.39, 0.29) is 11.5 Å². The summed E-state index contributed by atoms with van der Waals surface area (Å²) in [6.07, 6.45) is 1.97. The van der Waals surface area contributed by atoms with Crippen molar-refractivity contribution in [2.75, 3.05) is 5.32 Å². The lowest BCUT2D eigenvalue weighted by Gasteiger charge is -2.35. The lowest BCUT2D eigenvalue weighted by atomic mass is 9.75. The quantitative estimate of drug-likeness (QED) is 0.904. The lowest BCUT2D eigenvalue weighted by Crippen LogP contribution is -2.28. The van der Waals surface area contributed by atoms with E-state index in [2.05, 4.69) is 36.3 Å². The fraction of sp³-hybridized carbons (Fsp3) is 0.412. The van der Waals surface area contributed by atoms with Gasteiger partial charge >= 0.3 is 0 Å². The molecule has 0 fully saturated rings. The molecular formula is C17H19N3O. The van der Waals surface area contributed by atoms with Gasteiger partial charge in [0.05, 0.1) is 6.04 Å². The highest BCUT2D eigenvalue weighted by Crippen LogP contribution is 2.43. The van der Waals surface area contributed by atoms with Crippen LogP contribution in [-0.4, -0.2) is 4.98 Å². The van der Waals surface area contributed by atoms with E-state index < -0.39 is 0 Å². The largest absolute Gasteiger partial charge is 0.466 e. The molecule has 0 spiro atoms. The molecule has 0 aliphatic heterocycles. The molecule has 4 nitrogen and oxygen atoms in total. The van der Waals surface area contributed by atoms with Gasteiger partial charge in [0.2, 0.25) is 0 Å². The monoisotopic (exact) mass is 281 g/mol. The summed E-state index contributed by atoms with van der Waals surface area (Å²) >= 11 is 0. The summed E-state index contributed by atoms with van der Waals surface area (Å²) in [6, 6.07) is 9.81. The molecule has 21 heavy (non-hydrogen) atoms. The summed E-state index contributed by atoms with van der Waals surface area (Å²) in [6.45, 7) is 6.49. The Bertz CT molecular complexity index is 709. The van der Waals surface area contributed by atoms with E-state index in [0.29, 0.717) is 5.69 Å². The predicted octanol–water partition coefficient (Wildman–Crippen LogP) is 3.98. The Morgan fingerprint density at radius 2 is 2.24 bits per heavy atom. The van der Waals surface area contributed by atoms with Crippen LogP contribution in [0.15, 0.2) is 28.7 Å². The maximum absolute atomic E-state index is 8.96. The van der Waals surface area contributed by atoms with Crippen LogP contribution in [0, 0.1) is 23.7 Å². The fourth-order valence-electron chi connectivity index (χ4n) is 3.07. The summed E-state index contributed by atoms with van der Waals surface area (Å²) in [4.78, 5) is 4.31. The maximum atomic E-state index is 8.96. The average molecular weight is 281 g/mol. The Kier molecular flexibility index (Phi) is 3.21. The number of aryl methyl sites for hydroxylation is 1. The van der Waals surface area contributed by atoms with Crippen molar-refractivity contribution in [1.29, 1.82) is 5.26 Å². The van der Waals surface area contributed by atoms with Crippen LogP contribution in [0.5, 0.6) is 0 Å². The van der Waals surface area contributed by atoms with Gasteiger partial charge in [0.1, 0.15) is 29.1 Å². The summed E-state index contributed by atoms with van der Waals surface area (Å²) in [5.41, 5.74) is 1.83. The number of aromatic nitrogens is 1. The van der Waals surface area contributed by atoms with Gasteiger partial charge in [-0.15, -0.1) is 0 Å². The molecule has 1 unspecified atom stereocenters. The molecular weight excluding hydrogens is 262 g/mol. The zero-order chi connectivity index (χ0) is 15.0. The van der Waals surface area contributed by atoms with Crippen LogP contribution in [0.25, 0.3) is 0 Å². The molecule has 0 bridgehead atoms. The molecule has 0 aromatic carbocycles. The molecule has 1 atom stereocenters. The molecule has 4 heteroatoms. The predicted molar refractivity (Wildman–Crippen MR) is 80.9 cm³/mol. The number of furan rings is 1. The van der Waals surface area contributed by atoms with Crippen molar-refractivity contribution < 1.29 is 4.42 Å². The minimum Gasteiger partial charge on any atom is -0.466 e. The van der Waals surface area contributed by atoms with Crippen molar-refractivity contribution in [3.8, 4) is 6.07 Å². The third-order valence-corrected chi connectivity index (χ3v) is 3.92. The first-order chi connectivity index (χ1) is 9.97. The minimum absolute atomic E-state index is 0.169. The Labute approximate surface area is 124 Å². The van der Waals surface area contributed by atoms with Gasteiger partial charge in [-0.3, -0.25) is 0 Å². The third-order valence-electron chi connectivity index (χ3n) is 3.92. The van der Waals surface area contributed by atoms with E-state index in [9.17, 15) is 0 Å². The van der Waals surface area contributed by atoms with Crippen LogP contribution >= 0.6 is 0 Å². The zero-order valence-electron chi connectivity index (χ0n) is 12.6. The molecule has 2 heterocycles. The fourth-order valence-corrected chi connectivity index (χ4v) is 3.07. The van der Waals surface area contributed by atoms with Crippen molar-refractivity contribution in [3.63, 3.8) is 0 Å². The van der Waals surface area contributed by atoms with Crippen LogP contribution in [-0.2, 0) is 6.42 Å². The molecule has 1 aliphatic carbocycles. The van der Waals surface area contributed by atoms with E-state index in [1.807, 2.05) is 19.1 Å². The molecule has 2 aromatic rings. The number of hydrogen-bond acceptors (Lipinski definition) is 4. The molecule has 0 saturated heterocycles. The number of fused-ring (bicyclic) bond motifs is 1. The van der Waals surface area contributed by atoms with Crippen molar-refractivity contribution in [2.45, 2.75) is 39.7 Å². The Hall–Kier alpha value is -2.28. The van der Waals surface area contributed by atoms with Crippen LogP contribution in [0.1, 0.15) is 49.1 Å². The Balaban J connectivity index is 1.92. The summed E-state index contributed by atoms with van der Waals surface area (Å²) in [5, 5.41) is 12.4. The Morgan fingerprint density at radius 1 is 1.43 bits per heavy atom. The second-order valence-electron chi connectivity index (χ2n) is 6.50. The van der Waals surface area contributed by atoms with Crippen LogP contribution in [0.4, 0.5) is 5.82 Å². The number of nitrogens with zero attached hydrogens (tertiary/aromatic N) is 2. The first-order valence-corrected chi connectivity index (χ1v) is 7.20. The topological polar surface area (TPSA) is 61.9 Å². The van der Waals surface area contributed by atoms with Crippen molar-refractivity contribution in [2.24, 2.45) is 5.41 Å². The van der Waals surface area contributed by atoms with Crippen LogP contribution in [0.3, 0.4) is 0 Å². The molecule has 108 valence electrons. The van der Waals surface area contributed by atoms with E-state index >= 15 is 0 Å². The van der Waals surface area contributed by atoms with Crippen molar-refractivity contribution in [3.05, 3.63) is 47.0 Å². The molecule has 3 rings (SSSR count). The van der Waals surface area contributed by atoms with Crippen molar-refractivity contribution >= 4 is 5.82 Å². The second-order valence-corrected chi connectivity index (χ2v) is 6.50. The first-order valence-electron chi connectivity index (χ1n) is 7.20. The standard InChI is InChI=1S/C17H19N3O/c1-11-7-13-14(8-17(2,3)9-15(13)21-11)20-16-6-4-5-12(10-18)19-16/h4-7,14H,8-9H2,1-3H3,(H,19,20). The second kappa shape index (κ2) is 4.92. The smallest absolute Gasteiger partial charge is 0.142 e. The molecule has 0 amide bonds. The number of rotatable bonds is 2. The highest BCUT2D eigenvalue weighted by molar-refractivity contribution is 5.43. The first kappa shape index (κ1) is 13.7. The number of anilines is 1. The van der Waals surface area contributed by atoms with Gasteiger partial charge < -0.3 is 9.73 Å². The number of pyridine rings is 1. The van der Waals surface area contributed by atoms with Gasteiger partial charge in [0.15, 0.2) is 0 Å². The lowest BCUT2D eigenvalue weighted by molar-refractivity contribution is 0.261. The SMILES string of the molecule is Cc1cc2c(o1)CC(C)(C)CC2Nc1cccc(C#N)n1. The van der Waals surface area contributed by atoms with E-state index in [1.165, 1.54) is 5.56 Å². The molecule has 0 saturated carbocycles. The third kappa shape index (κ3) is 2.78. The van der Waals surface area contributed by atoms with Crippen LogP contribution < -0.4 is 5.32 Å². The normalized spacial score (nSPS) is 19.6. The van der Waals surface area contributed by atoms with E-state index in [4.69, 9.17) is 9.68 Å². The van der Waals surface area contributed by atoms with Gasteiger partial charge in [0, 0.05) is 12.0 Å². The van der Waals surface area contributed by atoms with Crippen LogP contribution in [0.2, 0.25) is 0 Å². The molecule has 0 radical (unpaired) electrons. The molecule has 2 aromatic heterocycles. The van der Waals surface area contributed by atoms with E-state index in [0.717, 1.165) is 30.2 Å². The molecule has 1 N–H and O–H groups in total. The molecule has 1 aliphatic rings. The van der Waals surface area contributed by atoms with Gasteiger partial charge in [-0.25, -0.2) is 4.98 Å². The van der Waals surface area contributed by atoms with Gasteiger partial charge in [-0.05, 0) is 37.0 Å². The summed E-state index contributed by atoms with van der Waals surface area (Å²) < 4.78 is 5.84. The van der Waals surface area contributed by atoms with Gasteiger partial charge in [0.25, 0.3) is 0 Å². The number of nitriles is 1. The Morgan fingerprint density at radius 3 is 3.00 bits per heavy atom. The van der Waals surface area contributed by atoms with Gasteiger partial charge in [-0.1, -0.05) is 19.9 Å². The van der Waals surface area contributed by atoms with E-state index in [1.54, 1.807) is 6.07 Å². The average Bonchev–Trinajstić information content (AvgIpc) is 2.78. The summed E-state index contributed by atoms with van der Waals surface area (Å²) in [7, 11) is 0. The highest BCUT2D eigenvalue weighted by atomic mass is 16.3.